The largest absolute Gasteiger partial charge is 0.478 e. The predicted octanol–water partition coefficient (Wildman–Crippen LogP) is 3.41. The maximum absolute atomic E-state index is 12.8. The minimum atomic E-state index is -3.84. The Kier molecular flexibility index (Phi) is 5.82. The lowest BCUT2D eigenvalue weighted by Gasteiger charge is -2.30. The minimum absolute atomic E-state index is 0.0205. The average molecular weight is 388 g/mol. The van der Waals surface area contributed by atoms with Crippen LogP contribution >= 0.6 is 0 Å². The maximum Gasteiger partial charge on any atom is 0.337 e. The van der Waals surface area contributed by atoms with Gasteiger partial charge in [0.15, 0.2) is 0 Å². The Bertz CT molecular complexity index is 907. The Balaban J connectivity index is 1.89. The summed E-state index contributed by atoms with van der Waals surface area (Å²) in [5.41, 5.74) is 1.44. The number of hydrogen-bond donors (Lipinski definition) is 2. The van der Waals surface area contributed by atoms with E-state index in [0.29, 0.717) is 5.69 Å². The summed E-state index contributed by atoms with van der Waals surface area (Å²) < 4.78 is 28.1. The van der Waals surface area contributed by atoms with Crippen LogP contribution in [-0.4, -0.2) is 32.6 Å². The average Bonchev–Trinajstić information content (AvgIpc) is 2.68. The lowest BCUT2D eigenvalue weighted by atomic mass is 10.1. The van der Waals surface area contributed by atoms with Crippen LogP contribution in [0.2, 0.25) is 0 Å². The van der Waals surface area contributed by atoms with Gasteiger partial charge in [0, 0.05) is 19.1 Å². The fraction of sp³-hybridized carbons (Fsp3) is 0.350. The highest BCUT2D eigenvalue weighted by Crippen LogP contribution is 2.27. The number of rotatable bonds is 6. The van der Waals surface area contributed by atoms with Crippen molar-refractivity contribution in [3.8, 4) is 0 Å². The van der Waals surface area contributed by atoms with Crippen LogP contribution in [0.1, 0.15) is 48.1 Å². The summed E-state index contributed by atoms with van der Waals surface area (Å²) in [5, 5.41) is 9.60. The molecule has 1 aliphatic heterocycles. The van der Waals surface area contributed by atoms with Crippen molar-refractivity contribution in [3.63, 3.8) is 0 Å². The predicted molar refractivity (Wildman–Crippen MR) is 105 cm³/mol. The molecule has 2 N–H and O–H groups in total. The molecule has 0 bridgehead atoms. The van der Waals surface area contributed by atoms with Crippen LogP contribution in [0.3, 0.4) is 0 Å². The topological polar surface area (TPSA) is 86.7 Å². The van der Waals surface area contributed by atoms with Crippen LogP contribution in [0.4, 0.5) is 5.69 Å². The van der Waals surface area contributed by atoms with E-state index in [1.165, 1.54) is 12.1 Å². The van der Waals surface area contributed by atoms with E-state index in [1.54, 1.807) is 13.0 Å². The first kappa shape index (κ1) is 19.4. The van der Waals surface area contributed by atoms with E-state index < -0.39 is 22.0 Å². The van der Waals surface area contributed by atoms with Crippen molar-refractivity contribution >= 4 is 21.7 Å². The van der Waals surface area contributed by atoms with Gasteiger partial charge in [-0.2, -0.15) is 0 Å². The second-order valence-electron chi connectivity index (χ2n) is 6.79. The van der Waals surface area contributed by atoms with Crippen molar-refractivity contribution in [3.05, 3.63) is 59.7 Å². The number of nitrogens with zero attached hydrogens (tertiary/aromatic N) is 1. The first-order valence-electron chi connectivity index (χ1n) is 9.08. The molecule has 0 aliphatic carbocycles. The fourth-order valence-electron chi connectivity index (χ4n) is 3.37. The molecule has 144 valence electrons. The number of carbonyl (C=O) groups is 1. The summed E-state index contributed by atoms with van der Waals surface area (Å²) in [6.45, 7) is 3.33. The molecule has 2 aromatic rings. The van der Waals surface area contributed by atoms with Crippen molar-refractivity contribution in [1.29, 1.82) is 0 Å². The normalized spacial score (nSPS) is 16.1. The summed E-state index contributed by atoms with van der Waals surface area (Å²) in [5.74, 6) is -1.12. The van der Waals surface area contributed by atoms with Gasteiger partial charge in [0.2, 0.25) is 10.0 Å². The third-order valence-corrected chi connectivity index (χ3v) is 6.38. The van der Waals surface area contributed by atoms with E-state index in [2.05, 4.69) is 4.72 Å². The van der Waals surface area contributed by atoms with Crippen molar-refractivity contribution in [2.45, 2.75) is 37.1 Å². The number of aromatic carboxylic acids is 1. The molecule has 1 aliphatic rings. The molecule has 2 aromatic carbocycles. The van der Waals surface area contributed by atoms with Crippen molar-refractivity contribution in [1.82, 2.24) is 4.72 Å². The minimum Gasteiger partial charge on any atom is -0.478 e. The SMILES string of the molecule is CC(NS(=O)(=O)c1ccc(N2CCCCC2)c(C(=O)O)c1)c1ccccc1. The lowest BCUT2D eigenvalue weighted by molar-refractivity contribution is 0.0697. The molecule has 1 atom stereocenters. The van der Waals surface area contributed by atoms with E-state index in [0.717, 1.165) is 37.9 Å². The van der Waals surface area contributed by atoms with Gasteiger partial charge in [0.05, 0.1) is 16.1 Å². The molecule has 0 aromatic heterocycles. The number of nitrogens with one attached hydrogen (secondary N) is 1. The quantitative estimate of drug-likeness (QED) is 0.792. The van der Waals surface area contributed by atoms with Gasteiger partial charge in [0.25, 0.3) is 0 Å². The molecule has 0 saturated carbocycles. The van der Waals surface area contributed by atoms with Gasteiger partial charge < -0.3 is 10.0 Å². The number of anilines is 1. The zero-order chi connectivity index (χ0) is 19.4. The molecule has 1 unspecified atom stereocenters. The number of carboxylic acid groups (broad SMARTS) is 1. The van der Waals surface area contributed by atoms with Crippen molar-refractivity contribution in [2.24, 2.45) is 0 Å². The summed E-state index contributed by atoms with van der Waals surface area (Å²) in [6, 6.07) is 13.2. The van der Waals surface area contributed by atoms with Gasteiger partial charge in [-0.25, -0.2) is 17.9 Å². The van der Waals surface area contributed by atoms with E-state index in [1.807, 2.05) is 35.2 Å². The van der Waals surface area contributed by atoms with Crippen LogP contribution in [0.15, 0.2) is 53.4 Å². The zero-order valence-electron chi connectivity index (χ0n) is 15.3. The number of carboxylic acids is 1. The summed E-state index contributed by atoms with van der Waals surface area (Å²) >= 11 is 0. The molecule has 0 spiro atoms. The van der Waals surface area contributed by atoms with Crippen LogP contribution in [0, 0.1) is 0 Å². The molecule has 7 heteroatoms. The second kappa shape index (κ2) is 8.10. The third kappa shape index (κ3) is 4.48. The number of hydrogen-bond acceptors (Lipinski definition) is 4. The van der Waals surface area contributed by atoms with Crippen LogP contribution < -0.4 is 9.62 Å². The zero-order valence-corrected chi connectivity index (χ0v) is 16.1. The Morgan fingerprint density at radius 1 is 1.07 bits per heavy atom. The molecular formula is C20H24N2O4S. The van der Waals surface area contributed by atoms with Gasteiger partial charge in [-0.15, -0.1) is 0 Å². The molecule has 3 rings (SSSR count). The highest BCUT2D eigenvalue weighted by atomic mass is 32.2. The van der Waals surface area contributed by atoms with Gasteiger partial charge in [0.1, 0.15) is 0 Å². The fourth-order valence-corrected chi connectivity index (χ4v) is 4.63. The van der Waals surface area contributed by atoms with E-state index in [4.69, 9.17) is 0 Å². The Morgan fingerprint density at radius 3 is 2.37 bits per heavy atom. The molecule has 6 nitrogen and oxygen atoms in total. The van der Waals surface area contributed by atoms with E-state index in [-0.39, 0.29) is 10.5 Å². The number of piperidine rings is 1. The summed E-state index contributed by atoms with van der Waals surface area (Å²) in [4.78, 5) is 13.7. The first-order valence-corrected chi connectivity index (χ1v) is 10.6. The molecule has 1 saturated heterocycles. The lowest BCUT2D eigenvalue weighted by Crippen LogP contribution is -2.31. The number of benzene rings is 2. The van der Waals surface area contributed by atoms with Crippen molar-refractivity contribution < 1.29 is 18.3 Å². The standard InChI is InChI=1S/C20H24N2O4S/c1-15(16-8-4-2-5-9-16)21-27(25,26)17-10-11-19(18(14-17)20(23)24)22-12-6-3-7-13-22/h2,4-5,8-11,14-15,21H,3,6-7,12-13H2,1H3,(H,23,24). The summed E-state index contributed by atoms with van der Waals surface area (Å²) in [7, 11) is -3.84. The van der Waals surface area contributed by atoms with Crippen LogP contribution in [-0.2, 0) is 10.0 Å². The van der Waals surface area contributed by atoms with E-state index >= 15 is 0 Å². The van der Waals surface area contributed by atoms with Crippen molar-refractivity contribution in [2.75, 3.05) is 18.0 Å². The Labute approximate surface area is 159 Å². The highest BCUT2D eigenvalue weighted by Gasteiger charge is 2.24. The smallest absolute Gasteiger partial charge is 0.337 e. The molecule has 27 heavy (non-hydrogen) atoms. The molecule has 0 amide bonds. The molecular weight excluding hydrogens is 364 g/mol. The first-order chi connectivity index (χ1) is 12.9. The Morgan fingerprint density at radius 2 is 1.74 bits per heavy atom. The second-order valence-corrected chi connectivity index (χ2v) is 8.50. The van der Waals surface area contributed by atoms with Gasteiger partial charge in [-0.3, -0.25) is 0 Å². The Hall–Kier alpha value is -2.38. The molecule has 1 fully saturated rings. The van der Waals surface area contributed by atoms with E-state index in [9.17, 15) is 18.3 Å². The van der Waals surface area contributed by atoms with Gasteiger partial charge in [-0.1, -0.05) is 30.3 Å². The van der Waals surface area contributed by atoms with Gasteiger partial charge in [-0.05, 0) is 49.9 Å². The molecule has 0 radical (unpaired) electrons. The summed E-state index contributed by atoms with van der Waals surface area (Å²) in [6.07, 6.45) is 3.15. The van der Waals surface area contributed by atoms with Gasteiger partial charge >= 0.3 is 5.97 Å². The third-order valence-electron chi connectivity index (χ3n) is 4.84. The van der Waals surface area contributed by atoms with Crippen LogP contribution in [0.25, 0.3) is 0 Å². The maximum atomic E-state index is 12.8. The monoisotopic (exact) mass is 388 g/mol. The highest BCUT2D eigenvalue weighted by molar-refractivity contribution is 7.89. The molecule has 1 heterocycles. The van der Waals surface area contributed by atoms with Crippen LogP contribution in [0.5, 0.6) is 0 Å². The number of sulfonamides is 1.